The summed E-state index contributed by atoms with van der Waals surface area (Å²) >= 11 is 0. The number of hydrogen-bond donors (Lipinski definition) is 4. The van der Waals surface area contributed by atoms with Crippen molar-refractivity contribution in [1.82, 2.24) is 34.5 Å². The van der Waals surface area contributed by atoms with Crippen molar-refractivity contribution in [3.8, 4) is 11.3 Å². The Morgan fingerprint density at radius 3 is 2.64 bits per heavy atom. The van der Waals surface area contributed by atoms with Gasteiger partial charge in [-0.05, 0) is 24.8 Å². The predicted molar refractivity (Wildman–Crippen MR) is 128 cm³/mol. The van der Waals surface area contributed by atoms with Gasteiger partial charge in [-0.2, -0.15) is 5.10 Å². The summed E-state index contributed by atoms with van der Waals surface area (Å²) in [6.07, 6.45) is 1.16. The van der Waals surface area contributed by atoms with Crippen molar-refractivity contribution in [1.29, 1.82) is 0 Å². The second-order valence-electron chi connectivity index (χ2n) is 9.41. The van der Waals surface area contributed by atoms with Crippen LogP contribution in [-0.2, 0) is 21.4 Å². The number of aryl methyl sites for hydroxylation is 1. The van der Waals surface area contributed by atoms with Gasteiger partial charge in [-0.25, -0.2) is 9.97 Å². The number of likely N-dealkylation sites (tertiary alicyclic amines) is 1. The van der Waals surface area contributed by atoms with Crippen molar-refractivity contribution < 1.29 is 24.5 Å². The highest BCUT2D eigenvalue weighted by atomic mass is 16.6. The first-order chi connectivity index (χ1) is 17.2. The summed E-state index contributed by atoms with van der Waals surface area (Å²) in [5.74, 6) is -0.000256. The van der Waals surface area contributed by atoms with Gasteiger partial charge in [0.05, 0.1) is 11.1 Å². The fraction of sp³-hybridized carbons (Fsp3) is 0.522. The van der Waals surface area contributed by atoms with Crippen molar-refractivity contribution in [2.75, 3.05) is 25.4 Å². The van der Waals surface area contributed by atoms with Gasteiger partial charge < -0.3 is 35.5 Å². The standard InChI is InChI=1S/C23H30N8O5/c1-12(32)30-7-3-13(4-8-30)9-25-22(35)19-17(33)18(34)23(36-19)31-10-14(15-5-6-29(2)28-15)16-20(24)26-11-27-21(16)31/h5-6,10-11,13,17-19,23,33-34H,3-4,7-9H2,1-2H3,(H,25,35)(H2,24,26,27)/t17-,18+,19-,23+/m0/s1. The summed E-state index contributed by atoms with van der Waals surface area (Å²) in [6.45, 7) is 3.27. The smallest absolute Gasteiger partial charge is 0.252 e. The van der Waals surface area contributed by atoms with Crippen LogP contribution in [0.1, 0.15) is 26.0 Å². The van der Waals surface area contributed by atoms with Gasteiger partial charge in [-0.3, -0.25) is 14.3 Å². The fourth-order valence-electron chi connectivity index (χ4n) is 4.96. The Balaban J connectivity index is 1.33. The van der Waals surface area contributed by atoms with E-state index in [1.165, 1.54) is 6.33 Å². The van der Waals surface area contributed by atoms with E-state index in [1.54, 1.807) is 40.5 Å². The van der Waals surface area contributed by atoms with Gasteiger partial charge in [0, 0.05) is 51.6 Å². The summed E-state index contributed by atoms with van der Waals surface area (Å²) in [4.78, 5) is 34.6. The van der Waals surface area contributed by atoms with Gasteiger partial charge in [0.1, 0.15) is 30.0 Å². The maximum atomic E-state index is 12.9. The molecular weight excluding hydrogens is 468 g/mol. The van der Waals surface area contributed by atoms with E-state index in [1.807, 2.05) is 6.07 Å². The van der Waals surface area contributed by atoms with E-state index in [0.29, 0.717) is 41.9 Å². The number of nitrogens with one attached hydrogen (secondary N) is 1. The van der Waals surface area contributed by atoms with E-state index in [-0.39, 0.29) is 17.6 Å². The van der Waals surface area contributed by atoms with Crippen LogP contribution in [0.25, 0.3) is 22.3 Å². The van der Waals surface area contributed by atoms with Crippen molar-refractivity contribution in [3.05, 3.63) is 24.8 Å². The molecule has 2 saturated heterocycles. The third-order valence-electron chi connectivity index (χ3n) is 7.02. The molecule has 0 spiro atoms. The first-order valence-corrected chi connectivity index (χ1v) is 11.9. The number of rotatable bonds is 5. The molecule has 2 amide bonds. The Morgan fingerprint density at radius 1 is 1.22 bits per heavy atom. The first kappa shape index (κ1) is 24.2. The van der Waals surface area contributed by atoms with Gasteiger partial charge in [-0.1, -0.05) is 0 Å². The van der Waals surface area contributed by atoms with Crippen molar-refractivity contribution in [3.63, 3.8) is 0 Å². The number of anilines is 1. The number of carbonyl (C=O) groups is 2. The van der Waals surface area contributed by atoms with Crippen LogP contribution in [0.4, 0.5) is 5.82 Å². The molecular formula is C23H30N8O5. The summed E-state index contributed by atoms with van der Waals surface area (Å²) in [6, 6.07) is 1.81. The average Bonchev–Trinajstić information content (AvgIpc) is 3.54. The summed E-state index contributed by atoms with van der Waals surface area (Å²) < 4.78 is 9.09. The molecule has 3 aromatic heterocycles. The van der Waals surface area contributed by atoms with Crippen molar-refractivity contribution in [2.24, 2.45) is 13.0 Å². The number of aromatic nitrogens is 5. The molecule has 0 bridgehead atoms. The van der Waals surface area contributed by atoms with E-state index >= 15 is 0 Å². The number of piperidine rings is 1. The molecule has 2 aliphatic rings. The molecule has 5 N–H and O–H groups in total. The molecule has 2 aliphatic heterocycles. The number of nitrogen functional groups attached to an aromatic ring is 1. The van der Waals surface area contributed by atoms with Crippen LogP contribution in [0, 0.1) is 5.92 Å². The Labute approximate surface area is 206 Å². The second kappa shape index (κ2) is 9.48. The molecule has 3 aromatic rings. The zero-order valence-corrected chi connectivity index (χ0v) is 20.1. The lowest BCUT2D eigenvalue weighted by Gasteiger charge is -2.31. The molecule has 0 saturated carbocycles. The van der Waals surface area contributed by atoms with Crippen LogP contribution >= 0.6 is 0 Å². The van der Waals surface area contributed by atoms with Crippen LogP contribution in [0.5, 0.6) is 0 Å². The highest BCUT2D eigenvalue weighted by Gasteiger charge is 2.48. The Morgan fingerprint density at radius 2 is 1.97 bits per heavy atom. The SMILES string of the molecule is CC(=O)N1CCC(CNC(=O)[C@H]2O[C@@H](n3cc(-c4ccn(C)n4)c4c(N)ncnc43)[C@H](O)[C@@H]2O)CC1. The predicted octanol–water partition coefficient (Wildman–Crippen LogP) is -0.592. The zero-order chi connectivity index (χ0) is 25.6. The largest absolute Gasteiger partial charge is 0.387 e. The minimum atomic E-state index is -1.44. The molecule has 192 valence electrons. The van der Waals surface area contributed by atoms with Crippen LogP contribution < -0.4 is 11.1 Å². The molecule has 5 rings (SSSR count). The summed E-state index contributed by atoms with van der Waals surface area (Å²) in [5, 5.41) is 29.3. The monoisotopic (exact) mass is 498 g/mol. The minimum absolute atomic E-state index is 0.0516. The van der Waals surface area contributed by atoms with Crippen molar-refractivity contribution >= 4 is 28.7 Å². The number of amides is 2. The highest BCUT2D eigenvalue weighted by molar-refractivity contribution is 5.99. The molecule has 13 nitrogen and oxygen atoms in total. The molecule has 36 heavy (non-hydrogen) atoms. The Kier molecular flexibility index (Phi) is 6.36. The summed E-state index contributed by atoms with van der Waals surface area (Å²) in [5.41, 5.74) is 7.80. The van der Waals surface area contributed by atoms with Crippen LogP contribution in [0.2, 0.25) is 0 Å². The molecule has 13 heteroatoms. The molecule has 5 heterocycles. The number of aliphatic hydroxyl groups is 2. The molecule has 0 aliphatic carbocycles. The van der Waals surface area contributed by atoms with E-state index in [0.717, 1.165) is 12.8 Å². The number of ether oxygens (including phenoxy) is 1. The van der Waals surface area contributed by atoms with Gasteiger partial charge in [0.25, 0.3) is 5.91 Å². The van der Waals surface area contributed by atoms with Crippen LogP contribution in [-0.4, -0.2) is 89.2 Å². The maximum Gasteiger partial charge on any atom is 0.252 e. The number of nitrogens with zero attached hydrogens (tertiary/aromatic N) is 6. The van der Waals surface area contributed by atoms with Crippen molar-refractivity contribution in [2.45, 2.75) is 44.3 Å². The third kappa shape index (κ3) is 4.29. The van der Waals surface area contributed by atoms with E-state index in [2.05, 4.69) is 20.4 Å². The number of aliphatic hydroxyl groups excluding tert-OH is 2. The fourth-order valence-corrected chi connectivity index (χ4v) is 4.96. The van der Waals surface area contributed by atoms with Crippen LogP contribution in [0.3, 0.4) is 0 Å². The number of hydrogen-bond acceptors (Lipinski definition) is 9. The lowest BCUT2D eigenvalue weighted by atomic mass is 9.96. The van der Waals surface area contributed by atoms with Gasteiger partial charge in [0.15, 0.2) is 12.3 Å². The number of nitrogens with two attached hydrogens (primary N) is 1. The molecule has 4 atom stereocenters. The van der Waals surface area contributed by atoms with Crippen LogP contribution in [0.15, 0.2) is 24.8 Å². The Hall–Kier alpha value is -3.55. The van der Waals surface area contributed by atoms with E-state index in [4.69, 9.17) is 10.5 Å². The Bertz CT molecular complexity index is 1280. The first-order valence-electron chi connectivity index (χ1n) is 11.9. The third-order valence-corrected chi connectivity index (χ3v) is 7.02. The molecule has 2 fully saturated rings. The van der Waals surface area contributed by atoms with E-state index in [9.17, 15) is 19.8 Å². The highest BCUT2D eigenvalue weighted by Crippen LogP contribution is 2.38. The lowest BCUT2D eigenvalue weighted by molar-refractivity contribution is -0.138. The molecule has 0 unspecified atom stereocenters. The maximum absolute atomic E-state index is 12.9. The lowest BCUT2D eigenvalue weighted by Crippen LogP contribution is -2.46. The van der Waals surface area contributed by atoms with E-state index < -0.39 is 30.4 Å². The zero-order valence-electron chi connectivity index (χ0n) is 20.1. The normalized spacial score (nSPS) is 24.9. The van der Waals surface area contributed by atoms with Gasteiger partial charge >= 0.3 is 0 Å². The summed E-state index contributed by atoms with van der Waals surface area (Å²) in [7, 11) is 1.79. The topological polar surface area (TPSA) is 174 Å². The quantitative estimate of drug-likeness (QED) is 0.358. The number of carbonyl (C=O) groups excluding carboxylic acids is 2. The second-order valence-corrected chi connectivity index (χ2v) is 9.41. The van der Waals surface area contributed by atoms with Gasteiger partial charge in [-0.15, -0.1) is 0 Å². The average molecular weight is 499 g/mol. The number of fused-ring (bicyclic) bond motifs is 1. The minimum Gasteiger partial charge on any atom is -0.387 e. The van der Waals surface area contributed by atoms with Gasteiger partial charge in [0.2, 0.25) is 5.91 Å². The molecule has 0 radical (unpaired) electrons. The molecule has 0 aromatic carbocycles.